The molecule has 0 radical (unpaired) electrons. The standard InChI is InChI=1S/C24H35N3O6/c1-14-8-9-17(12-15(14)2)20(21(29)25-13-19(28)32-7)27(18-10-11-18)22(30)16(3)26-23(31)33-24(4,5)6/h8-9,12,16,18,20H,10-11,13H2,1-7H3,(H,25,29)(H,26,31). The third-order valence-electron chi connectivity index (χ3n) is 5.31. The third kappa shape index (κ3) is 7.47. The van der Waals surface area contributed by atoms with Crippen molar-refractivity contribution in [1.29, 1.82) is 0 Å². The summed E-state index contributed by atoms with van der Waals surface area (Å²) >= 11 is 0. The van der Waals surface area contributed by atoms with Gasteiger partial charge in [0.15, 0.2) is 0 Å². The molecular weight excluding hydrogens is 426 g/mol. The van der Waals surface area contributed by atoms with Gasteiger partial charge in [-0.25, -0.2) is 4.79 Å². The minimum atomic E-state index is -0.961. The van der Waals surface area contributed by atoms with Crippen LogP contribution in [0.3, 0.4) is 0 Å². The summed E-state index contributed by atoms with van der Waals surface area (Å²) in [5.41, 5.74) is 1.95. The molecule has 0 aliphatic heterocycles. The number of carbonyl (C=O) groups is 4. The fraction of sp³-hybridized carbons (Fsp3) is 0.583. The Balaban J connectivity index is 2.34. The van der Waals surface area contributed by atoms with Gasteiger partial charge in [0.2, 0.25) is 11.8 Å². The van der Waals surface area contributed by atoms with Gasteiger partial charge in [-0.15, -0.1) is 0 Å². The molecule has 2 N–H and O–H groups in total. The maximum Gasteiger partial charge on any atom is 0.408 e. The Morgan fingerprint density at radius 3 is 2.27 bits per heavy atom. The first-order chi connectivity index (χ1) is 15.3. The number of amides is 3. The van der Waals surface area contributed by atoms with Crippen molar-refractivity contribution >= 4 is 23.9 Å². The molecule has 0 aromatic heterocycles. The zero-order chi connectivity index (χ0) is 24.9. The number of alkyl carbamates (subject to hydrolysis) is 1. The van der Waals surface area contributed by atoms with E-state index in [1.807, 2.05) is 26.0 Å². The molecule has 0 bridgehead atoms. The van der Waals surface area contributed by atoms with Crippen LogP contribution in [0.4, 0.5) is 4.79 Å². The van der Waals surface area contributed by atoms with Crippen molar-refractivity contribution in [3.63, 3.8) is 0 Å². The summed E-state index contributed by atoms with van der Waals surface area (Å²) < 4.78 is 9.88. The van der Waals surface area contributed by atoms with Crippen LogP contribution >= 0.6 is 0 Å². The number of rotatable bonds is 8. The fourth-order valence-electron chi connectivity index (χ4n) is 3.34. The Kier molecular flexibility index (Phi) is 8.46. The molecule has 3 amide bonds. The number of carbonyl (C=O) groups excluding carboxylic acids is 4. The minimum Gasteiger partial charge on any atom is -0.468 e. The van der Waals surface area contributed by atoms with Crippen molar-refractivity contribution in [2.45, 2.75) is 78.1 Å². The first kappa shape index (κ1) is 26.2. The van der Waals surface area contributed by atoms with E-state index in [-0.39, 0.29) is 12.6 Å². The third-order valence-corrected chi connectivity index (χ3v) is 5.31. The molecule has 0 spiro atoms. The quantitative estimate of drug-likeness (QED) is 0.575. The Labute approximate surface area is 195 Å². The molecule has 9 heteroatoms. The molecular formula is C24H35N3O6. The molecule has 182 valence electrons. The molecule has 2 atom stereocenters. The number of aryl methyl sites for hydroxylation is 2. The van der Waals surface area contributed by atoms with Crippen molar-refractivity contribution < 1.29 is 28.7 Å². The highest BCUT2D eigenvalue weighted by molar-refractivity contribution is 5.93. The zero-order valence-corrected chi connectivity index (χ0v) is 20.5. The number of nitrogens with zero attached hydrogens (tertiary/aromatic N) is 1. The number of ether oxygens (including phenoxy) is 2. The van der Waals surface area contributed by atoms with Crippen LogP contribution in [-0.4, -0.2) is 60.1 Å². The molecule has 1 saturated carbocycles. The maximum atomic E-state index is 13.5. The van der Waals surface area contributed by atoms with E-state index >= 15 is 0 Å². The highest BCUT2D eigenvalue weighted by Crippen LogP contribution is 2.36. The number of hydrogen-bond donors (Lipinski definition) is 2. The predicted molar refractivity (Wildman–Crippen MR) is 122 cm³/mol. The summed E-state index contributed by atoms with van der Waals surface area (Å²) in [4.78, 5) is 52.0. The zero-order valence-electron chi connectivity index (χ0n) is 20.5. The molecule has 1 aliphatic carbocycles. The smallest absolute Gasteiger partial charge is 0.408 e. The summed E-state index contributed by atoms with van der Waals surface area (Å²) in [5.74, 6) is -1.49. The van der Waals surface area contributed by atoms with E-state index in [2.05, 4.69) is 15.4 Å². The fourth-order valence-corrected chi connectivity index (χ4v) is 3.34. The highest BCUT2D eigenvalue weighted by Gasteiger charge is 2.43. The Morgan fingerprint density at radius 2 is 1.76 bits per heavy atom. The molecule has 2 rings (SSSR count). The van der Waals surface area contributed by atoms with E-state index in [4.69, 9.17) is 4.74 Å². The topological polar surface area (TPSA) is 114 Å². The van der Waals surface area contributed by atoms with Crippen LogP contribution < -0.4 is 10.6 Å². The average Bonchev–Trinajstić information content (AvgIpc) is 3.55. The molecule has 1 fully saturated rings. The van der Waals surface area contributed by atoms with Gasteiger partial charge in [0.1, 0.15) is 24.2 Å². The Hall–Kier alpha value is -3.10. The largest absolute Gasteiger partial charge is 0.468 e. The second kappa shape index (κ2) is 10.7. The SMILES string of the molecule is COC(=O)CNC(=O)C(c1ccc(C)c(C)c1)N(C(=O)C(C)NC(=O)OC(C)(C)C)C1CC1. The van der Waals surface area contributed by atoms with E-state index < -0.39 is 41.6 Å². The number of nitrogens with one attached hydrogen (secondary N) is 2. The van der Waals surface area contributed by atoms with Crippen LogP contribution in [0.15, 0.2) is 18.2 Å². The summed E-state index contributed by atoms with van der Waals surface area (Å²) in [6, 6.07) is 3.55. The van der Waals surface area contributed by atoms with E-state index in [1.165, 1.54) is 12.0 Å². The van der Waals surface area contributed by atoms with E-state index in [0.29, 0.717) is 5.56 Å². The Morgan fingerprint density at radius 1 is 1.12 bits per heavy atom. The van der Waals surface area contributed by atoms with Gasteiger partial charge in [0, 0.05) is 6.04 Å². The van der Waals surface area contributed by atoms with Gasteiger partial charge in [-0.1, -0.05) is 18.2 Å². The van der Waals surface area contributed by atoms with Crippen LogP contribution in [-0.2, 0) is 23.9 Å². The van der Waals surface area contributed by atoms with Crippen molar-refractivity contribution in [1.82, 2.24) is 15.5 Å². The van der Waals surface area contributed by atoms with Gasteiger partial charge >= 0.3 is 12.1 Å². The van der Waals surface area contributed by atoms with Gasteiger partial charge in [-0.05, 0) is 71.1 Å². The van der Waals surface area contributed by atoms with E-state index in [1.54, 1.807) is 33.8 Å². The van der Waals surface area contributed by atoms with Gasteiger partial charge in [0.05, 0.1) is 7.11 Å². The second-order valence-corrected chi connectivity index (χ2v) is 9.38. The van der Waals surface area contributed by atoms with Crippen LogP contribution in [0.25, 0.3) is 0 Å². The first-order valence-corrected chi connectivity index (χ1v) is 11.1. The van der Waals surface area contributed by atoms with Crippen molar-refractivity contribution in [3.8, 4) is 0 Å². The molecule has 1 aromatic carbocycles. The molecule has 0 heterocycles. The van der Waals surface area contributed by atoms with Crippen LogP contribution in [0.2, 0.25) is 0 Å². The monoisotopic (exact) mass is 461 g/mol. The van der Waals surface area contributed by atoms with Crippen molar-refractivity contribution in [2.24, 2.45) is 0 Å². The maximum absolute atomic E-state index is 13.5. The normalized spacial score (nSPS) is 15.1. The Bertz CT molecular complexity index is 904. The average molecular weight is 462 g/mol. The van der Waals surface area contributed by atoms with Gasteiger partial charge < -0.3 is 25.0 Å². The highest BCUT2D eigenvalue weighted by atomic mass is 16.6. The van der Waals surface area contributed by atoms with Crippen LogP contribution in [0, 0.1) is 13.8 Å². The lowest BCUT2D eigenvalue weighted by Gasteiger charge is -2.34. The lowest BCUT2D eigenvalue weighted by atomic mass is 9.98. The molecule has 33 heavy (non-hydrogen) atoms. The van der Waals surface area contributed by atoms with Crippen LogP contribution in [0.5, 0.6) is 0 Å². The molecule has 9 nitrogen and oxygen atoms in total. The van der Waals surface area contributed by atoms with Crippen molar-refractivity contribution in [3.05, 3.63) is 34.9 Å². The predicted octanol–water partition coefficient (Wildman–Crippen LogP) is 2.54. The second-order valence-electron chi connectivity index (χ2n) is 9.38. The molecule has 2 unspecified atom stereocenters. The summed E-state index contributed by atoms with van der Waals surface area (Å²) in [7, 11) is 1.24. The lowest BCUT2D eigenvalue weighted by molar-refractivity contribution is -0.145. The van der Waals surface area contributed by atoms with Crippen LogP contribution in [0.1, 0.15) is 63.3 Å². The molecule has 0 saturated heterocycles. The first-order valence-electron chi connectivity index (χ1n) is 11.1. The molecule has 1 aromatic rings. The minimum absolute atomic E-state index is 0.143. The van der Waals surface area contributed by atoms with Gasteiger partial charge in [-0.2, -0.15) is 0 Å². The van der Waals surface area contributed by atoms with Crippen molar-refractivity contribution in [2.75, 3.05) is 13.7 Å². The lowest BCUT2D eigenvalue weighted by Crippen LogP contribution is -2.53. The number of esters is 1. The summed E-state index contributed by atoms with van der Waals surface area (Å²) in [5, 5.41) is 5.14. The number of benzene rings is 1. The summed E-state index contributed by atoms with van der Waals surface area (Å²) in [6.45, 7) is 10.3. The van der Waals surface area contributed by atoms with E-state index in [0.717, 1.165) is 24.0 Å². The van der Waals surface area contributed by atoms with Gasteiger partial charge in [0.25, 0.3) is 0 Å². The molecule has 1 aliphatic rings. The number of methoxy groups -OCH3 is 1. The summed E-state index contributed by atoms with van der Waals surface area (Å²) in [6.07, 6.45) is 0.782. The number of hydrogen-bond acceptors (Lipinski definition) is 6. The van der Waals surface area contributed by atoms with E-state index in [9.17, 15) is 19.2 Å². The van der Waals surface area contributed by atoms with Gasteiger partial charge in [-0.3, -0.25) is 14.4 Å².